The van der Waals surface area contributed by atoms with Gasteiger partial charge in [0.25, 0.3) is 5.91 Å². The first-order valence-corrected chi connectivity index (χ1v) is 11.7. The fourth-order valence-electron chi connectivity index (χ4n) is 4.31. The van der Waals surface area contributed by atoms with Crippen LogP contribution < -0.4 is 20.3 Å². The Hall–Kier alpha value is -3.39. The number of carbonyl (C=O) groups excluding carboxylic acids is 3. The van der Waals surface area contributed by atoms with Gasteiger partial charge in [0, 0.05) is 37.5 Å². The van der Waals surface area contributed by atoms with Crippen molar-refractivity contribution in [1.82, 2.24) is 5.32 Å². The van der Waals surface area contributed by atoms with Crippen molar-refractivity contribution in [3.05, 3.63) is 53.6 Å². The Morgan fingerprint density at radius 2 is 1.94 bits per heavy atom. The summed E-state index contributed by atoms with van der Waals surface area (Å²) in [6.45, 7) is 5.40. The Morgan fingerprint density at radius 1 is 1.15 bits per heavy atom. The highest BCUT2D eigenvalue weighted by molar-refractivity contribution is 6.00. The summed E-state index contributed by atoms with van der Waals surface area (Å²) >= 11 is 0. The van der Waals surface area contributed by atoms with Gasteiger partial charge in [-0.2, -0.15) is 0 Å². The van der Waals surface area contributed by atoms with Crippen molar-refractivity contribution in [2.45, 2.75) is 39.2 Å². The molecule has 2 heterocycles. The minimum Gasteiger partial charge on any atom is -0.484 e. The molecule has 0 bridgehead atoms. The summed E-state index contributed by atoms with van der Waals surface area (Å²) in [6, 6.07) is 12.8. The zero-order valence-electron chi connectivity index (χ0n) is 19.6. The summed E-state index contributed by atoms with van der Waals surface area (Å²) in [4.78, 5) is 38.9. The SMILES string of the molecule is Cc1ccc(NC(=O)COc2ccc(N3C[C@@H](C(=O)NC[C@@H]4CCCO4)CC3=O)cc2)c(C)c1. The Bertz CT molecular complexity index is 1050. The summed E-state index contributed by atoms with van der Waals surface area (Å²) in [5, 5.41) is 5.77. The average Bonchev–Trinajstić information content (AvgIpc) is 3.48. The molecule has 2 saturated heterocycles. The van der Waals surface area contributed by atoms with Crippen LogP contribution in [0.25, 0.3) is 0 Å². The summed E-state index contributed by atoms with van der Waals surface area (Å²) < 4.78 is 11.1. The molecule has 8 nitrogen and oxygen atoms in total. The number of carbonyl (C=O) groups is 3. The summed E-state index contributed by atoms with van der Waals surface area (Å²) in [5.41, 5.74) is 3.59. The van der Waals surface area contributed by atoms with E-state index in [4.69, 9.17) is 9.47 Å². The molecule has 4 rings (SSSR count). The van der Waals surface area contributed by atoms with E-state index in [1.165, 1.54) is 0 Å². The van der Waals surface area contributed by atoms with E-state index in [2.05, 4.69) is 10.6 Å². The number of hydrogen-bond acceptors (Lipinski definition) is 5. The van der Waals surface area contributed by atoms with Crippen LogP contribution in [0.3, 0.4) is 0 Å². The third-order valence-electron chi connectivity index (χ3n) is 6.20. The Kier molecular flexibility index (Phi) is 7.47. The predicted octanol–water partition coefficient (Wildman–Crippen LogP) is 2.97. The van der Waals surface area contributed by atoms with E-state index in [-0.39, 0.29) is 42.8 Å². The van der Waals surface area contributed by atoms with E-state index in [9.17, 15) is 14.4 Å². The lowest BCUT2D eigenvalue weighted by Gasteiger charge is -2.18. The van der Waals surface area contributed by atoms with Crippen molar-refractivity contribution in [2.75, 3.05) is 36.5 Å². The average molecular weight is 466 g/mol. The van der Waals surface area contributed by atoms with E-state index in [0.717, 1.165) is 36.3 Å². The second kappa shape index (κ2) is 10.7. The molecule has 180 valence electrons. The molecule has 2 aliphatic rings. The first-order valence-electron chi connectivity index (χ1n) is 11.7. The van der Waals surface area contributed by atoms with Gasteiger partial charge >= 0.3 is 0 Å². The van der Waals surface area contributed by atoms with E-state index in [0.29, 0.717) is 24.5 Å². The normalized spacial score (nSPS) is 19.8. The second-order valence-corrected chi connectivity index (χ2v) is 8.93. The lowest BCUT2D eigenvalue weighted by molar-refractivity contribution is -0.126. The maximum absolute atomic E-state index is 12.5. The Labute approximate surface area is 199 Å². The molecule has 2 aliphatic heterocycles. The lowest BCUT2D eigenvalue weighted by Crippen LogP contribution is -2.37. The molecule has 0 saturated carbocycles. The van der Waals surface area contributed by atoms with Gasteiger partial charge in [-0.3, -0.25) is 14.4 Å². The third-order valence-corrected chi connectivity index (χ3v) is 6.20. The molecule has 0 unspecified atom stereocenters. The summed E-state index contributed by atoms with van der Waals surface area (Å²) in [5.74, 6) is -0.293. The predicted molar refractivity (Wildman–Crippen MR) is 129 cm³/mol. The maximum Gasteiger partial charge on any atom is 0.262 e. The quantitative estimate of drug-likeness (QED) is 0.625. The number of nitrogens with zero attached hydrogens (tertiary/aromatic N) is 1. The fourth-order valence-corrected chi connectivity index (χ4v) is 4.31. The van der Waals surface area contributed by atoms with Crippen LogP contribution in [-0.2, 0) is 19.1 Å². The minimum atomic E-state index is -0.376. The zero-order chi connectivity index (χ0) is 24.1. The van der Waals surface area contributed by atoms with Crippen molar-refractivity contribution in [1.29, 1.82) is 0 Å². The standard InChI is InChI=1S/C26H31N3O5/c1-17-5-10-23(18(2)12-17)28-24(30)16-34-21-8-6-20(7-9-21)29-15-19(13-25(29)31)26(32)27-14-22-4-3-11-33-22/h5-10,12,19,22H,3-4,11,13-16H2,1-2H3,(H,27,32)(H,28,30)/t19-,22-/m0/s1. The van der Waals surface area contributed by atoms with Gasteiger partial charge in [-0.25, -0.2) is 0 Å². The van der Waals surface area contributed by atoms with E-state index in [1.54, 1.807) is 29.2 Å². The van der Waals surface area contributed by atoms with Crippen molar-refractivity contribution in [2.24, 2.45) is 5.92 Å². The maximum atomic E-state index is 12.5. The molecule has 8 heteroatoms. The van der Waals surface area contributed by atoms with Crippen molar-refractivity contribution < 1.29 is 23.9 Å². The van der Waals surface area contributed by atoms with Crippen molar-refractivity contribution in [3.8, 4) is 5.75 Å². The first-order chi connectivity index (χ1) is 16.4. The first kappa shape index (κ1) is 23.8. The van der Waals surface area contributed by atoms with Gasteiger partial charge in [-0.05, 0) is 62.6 Å². The van der Waals surface area contributed by atoms with E-state index < -0.39 is 0 Å². The number of anilines is 2. The third kappa shape index (κ3) is 5.94. The smallest absolute Gasteiger partial charge is 0.262 e. The number of ether oxygens (including phenoxy) is 2. The van der Waals surface area contributed by atoms with Gasteiger partial charge in [0.1, 0.15) is 5.75 Å². The van der Waals surface area contributed by atoms with Crippen LogP contribution in [0, 0.1) is 19.8 Å². The molecule has 0 spiro atoms. The number of nitrogens with one attached hydrogen (secondary N) is 2. The molecule has 2 aromatic carbocycles. The highest BCUT2D eigenvalue weighted by Gasteiger charge is 2.35. The van der Waals surface area contributed by atoms with Gasteiger partial charge in [-0.15, -0.1) is 0 Å². The van der Waals surface area contributed by atoms with Crippen LogP contribution in [0.2, 0.25) is 0 Å². The van der Waals surface area contributed by atoms with Crippen molar-refractivity contribution >= 4 is 29.1 Å². The van der Waals surface area contributed by atoms with Crippen LogP contribution in [0.15, 0.2) is 42.5 Å². The van der Waals surface area contributed by atoms with Gasteiger partial charge in [0.2, 0.25) is 11.8 Å². The molecule has 34 heavy (non-hydrogen) atoms. The summed E-state index contributed by atoms with van der Waals surface area (Å²) in [6.07, 6.45) is 2.24. The van der Waals surface area contributed by atoms with Crippen molar-refractivity contribution in [3.63, 3.8) is 0 Å². The molecular formula is C26H31N3O5. The number of aryl methyl sites for hydroxylation is 2. The molecule has 0 aliphatic carbocycles. The van der Waals surface area contributed by atoms with Gasteiger partial charge in [-0.1, -0.05) is 17.7 Å². The van der Waals surface area contributed by atoms with Gasteiger partial charge < -0.3 is 25.0 Å². The Balaban J connectivity index is 1.26. The van der Waals surface area contributed by atoms with Crippen LogP contribution in [0.1, 0.15) is 30.4 Å². The molecule has 2 aromatic rings. The molecule has 0 aromatic heterocycles. The molecule has 2 N–H and O–H groups in total. The topological polar surface area (TPSA) is 97.0 Å². The van der Waals surface area contributed by atoms with Crippen LogP contribution in [0.5, 0.6) is 5.75 Å². The zero-order valence-corrected chi connectivity index (χ0v) is 19.6. The molecular weight excluding hydrogens is 434 g/mol. The second-order valence-electron chi connectivity index (χ2n) is 8.93. The number of hydrogen-bond donors (Lipinski definition) is 2. The molecule has 2 atom stereocenters. The number of benzene rings is 2. The lowest BCUT2D eigenvalue weighted by atomic mass is 10.1. The van der Waals surface area contributed by atoms with Crippen LogP contribution in [-0.4, -0.2) is 50.1 Å². The summed E-state index contributed by atoms with van der Waals surface area (Å²) in [7, 11) is 0. The monoisotopic (exact) mass is 465 g/mol. The number of amides is 3. The van der Waals surface area contributed by atoms with Crippen LogP contribution >= 0.6 is 0 Å². The number of rotatable bonds is 8. The van der Waals surface area contributed by atoms with E-state index in [1.807, 2.05) is 32.0 Å². The minimum absolute atomic E-state index is 0.0766. The van der Waals surface area contributed by atoms with Gasteiger partial charge in [0.05, 0.1) is 12.0 Å². The van der Waals surface area contributed by atoms with Gasteiger partial charge in [0.15, 0.2) is 6.61 Å². The fraction of sp³-hybridized carbons (Fsp3) is 0.423. The molecule has 0 radical (unpaired) electrons. The largest absolute Gasteiger partial charge is 0.484 e. The molecule has 3 amide bonds. The highest BCUT2D eigenvalue weighted by Crippen LogP contribution is 2.27. The van der Waals surface area contributed by atoms with E-state index >= 15 is 0 Å². The molecule has 2 fully saturated rings. The van der Waals surface area contributed by atoms with Crippen LogP contribution in [0.4, 0.5) is 11.4 Å². The Morgan fingerprint density at radius 3 is 2.65 bits per heavy atom. The highest BCUT2D eigenvalue weighted by atomic mass is 16.5.